The molecular weight excluding hydrogens is 511 g/mol. The maximum absolute atomic E-state index is 14.1. The zero-order chi connectivity index (χ0) is 28.0. The summed E-state index contributed by atoms with van der Waals surface area (Å²) in [5, 5.41) is 8.18. The number of hydrogen-bond acceptors (Lipinski definition) is 8. The number of pyridine rings is 2. The topological polar surface area (TPSA) is 91.1 Å². The van der Waals surface area contributed by atoms with Gasteiger partial charge in [0.1, 0.15) is 12.1 Å². The van der Waals surface area contributed by atoms with Crippen LogP contribution in [0.2, 0.25) is 0 Å². The van der Waals surface area contributed by atoms with Gasteiger partial charge in [0.05, 0.1) is 37.3 Å². The zero-order valence-electron chi connectivity index (χ0n) is 23.8. The van der Waals surface area contributed by atoms with Gasteiger partial charge in [-0.05, 0) is 32.0 Å². The standard InChI is InChI=1S/C29H39FN8O2/c1-19-13-36(24(12-31-19)14-35-7-8-40-16-20(35)2)15-26(39)37-17-29(3,4)27-25(37)10-21(28-33-18-34-38(27)28)9-23-6-5-22(30)11-32-23/h5-6,10-11,18-20,24,31H,7-9,12-17H2,1-4H3/t19-,20-,24-/m1/s1. The van der Waals surface area contributed by atoms with E-state index >= 15 is 0 Å². The Morgan fingerprint density at radius 2 is 2.08 bits per heavy atom. The summed E-state index contributed by atoms with van der Waals surface area (Å²) < 4.78 is 21.0. The third-order valence-corrected chi connectivity index (χ3v) is 8.56. The second-order valence-corrected chi connectivity index (χ2v) is 12.2. The number of aromatic nitrogens is 4. The number of ether oxygens (including phenoxy) is 1. The Balaban J connectivity index is 1.28. The number of piperazine rings is 1. The highest BCUT2D eigenvalue weighted by Gasteiger charge is 2.42. The summed E-state index contributed by atoms with van der Waals surface area (Å²) in [5.74, 6) is -0.279. The molecule has 0 saturated carbocycles. The predicted molar refractivity (Wildman–Crippen MR) is 150 cm³/mol. The Kier molecular flexibility index (Phi) is 7.32. The number of carbonyl (C=O) groups is 1. The van der Waals surface area contributed by atoms with Gasteiger partial charge in [0.25, 0.3) is 0 Å². The van der Waals surface area contributed by atoms with Gasteiger partial charge < -0.3 is 15.0 Å². The molecule has 2 saturated heterocycles. The van der Waals surface area contributed by atoms with Gasteiger partial charge in [-0.2, -0.15) is 5.10 Å². The van der Waals surface area contributed by atoms with Gasteiger partial charge in [0.15, 0.2) is 5.65 Å². The molecule has 0 aliphatic carbocycles. The van der Waals surface area contributed by atoms with Crippen LogP contribution < -0.4 is 10.2 Å². The monoisotopic (exact) mass is 550 g/mol. The number of nitrogens with zero attached hydrogens (tertiary/aromatic N) is 7. The normalized spacial score (nSPS) is 25.4. The molecule has 0 aromatic carbocycles. The van der Waals surface area contributed by atoms with Gasteiger partial charge in [-0.1, -0.05) is 13.8 Å². The van der Waals surface area contributed by atoms with Crippen LogP contribution in [0.1, 0.15) is 44.6 Å². The molecule has 1 N–H and O–H groups in total. The number of halogens is 1. The number of morpholine rings is 1. The van der Waals surface area contributed by atoms with Crippen molar-refractivity contribution in [1.29, 1.82) is 0 Å². The van der Waals surface area contributed by atoms with E-state index in [1.165, 1.54) is 12.3 Å². The van der Waals surface area contributed by atoms with Gasteiger partial charge in [-0.25, -0.2) is 13.9 Å². The molecule has 40 heavy (non-hydrogen) atoms. The number of nitrogens with one attached hydrogen (secondary N) is 1. The van der Waals surface area contributed by atoms with Crippen molar-refractivity contribution in [2.45, 2.75) is 57.7 Å². The molecular formula is C29H39FN8O2. The molecule has 3 aliphatic rings. The maximum atomic E-state index is 14.1. The van der Waals surface area contributed by atoms with E-state index < -0.39 is 0 Å². The molecule has 0 spiro atoms. The molecule has 3 aliphatic heterocycles. The van der Waals surface area contributed by atoms with E-state index in [9.17, 15) is 9.18 Å². The molecule has 2 fully saturated rings. The molecule has 11 heteroatoms. The van der Waals surface area contributed by atoms with Crippen molar-refractivity contribution in [3.8, 4) is 0 Å². The lowest BCUT2D eigenvalue weighted by molar-refractivity contribution is -0.121. The molecule has 3 aromatic rings. The number of hydrogen-bond donors (Lipinski definition) is 1. The molecule has 6 heterocycles. The highest BCUT2D eigenvalue weighted by atomic mass is 19.1. The second kappa shape index (κ2) is 10.8. The number of carbonyl (C=O) groups excluding carboxylic acids is 1. The van der Waals surface area contributed by atoms with Gasteiger partial charge in [-0.3, -0.25) is 19.6 Å². The average Bonchev–Trinajstić information content (AvgIpc) is 3.50. The molecule has 1 amide bonds. The summed E-state index contributed by atoms with van der Waals surface area (Å²) in [6.07, 6.45) is 3.25. The van der Waals surface area contributed by atoms with E-state index in [-0.39, 0.29) is 23.2 Å². The molecule has 6 rings (SSSR count). The van der Waals surface area contributed by atoms with Crippen LogP contribution in [0.25, 0.3) is 5.65 Å². The van der Waals surface area contributed by atoms with E-state index in [4.69, 9.17) is 4.74 Å². The minimum Gasteiger partial charge on any atom is -0.379 e. The summed E-state index contributed by atoms with van der Waals surface area (Å²) in [4.78, 5) is 29.6. The Morgan fingerprint density at radius 1 is 1.23 bits per heavy atom. The summed E-state index contributed by atoms with van der Waals surface area (Å²) in [6, 6.07) is 6.09. The van der Waals surface area contributed by atoms with Crippen molar-refractivity contribution in [2.75, 3.05) is 57.4 Å². The Bertz CT molecular complexity index is 1380. The number of fused-ring (bicyclic) bond motifs is 3. The van der Waals surface area contributed by atoms with Crippen LogP contribution in [-0.2, 0) is 21.4 Å². The fraction of sp³-hybridized carbons (Fsp3) is 0.586. The second-order valence-electron chi connectivity index (χ2n) is 12.2. The van der Waals surface area contributed by atoms with E-state index in [1.807, 2.05) is 9.42 Å². The van der Waals surface area contributed by atoms with Crippen molar-refractivity contribution >= 4 is 17.2 Å². The highest BCUT2D eigenvalue weighted by molar-refractivity contribution is 5.97. The first-order chi connectivity index (χ1) is 19.2. The van der Waals surface area contributed by atoms with Crippen LogP contribution in [0.4, 0.5) is 10.1 Å². The summed E-state index contributed by atoms with van der Waals surface area (Å²) in [6.45, 7) is 14.6. The third-order valence-electron chi connectivity index (χ3n) is 8.56. The van der Waals surface area contributed by atoms with Crippen LogP contribution in [-0.4, -0.2) is 106 Å². The van der Waals surface area contributed by atoms with E-state index in [2.05, 4.69) is 63.9 Å². The first-order valence-corrected chi connectivity index (χ1v) is 14.3. The molecule has 3 aromatic heterocycles. The quantitative estimate of drug-likeness (QED) is 0.498. The molecule has 10 nitrogen and oxygen atoms in total. The average molecular weight is 551 g/mol. The summed E-state index contributed by atoms with van der Waals surface area (Å²) >= 11 is 0. The first kappa shape index (κ1) is 27.2. The van der Waals surface area contributed by atoms with E-state index in [0.717, 1.165) is 67.7 Å². The predicted octanol–water partition coefficient (Wildman–Crippen LogP) is 1.86. The van der Waals surface area contributed by atoms with Gasteiger partial charge in [-0.15, -0.1) is 0 Å². The molecule has 0 radical (unpaired) electrons. The van der Waals surface area contributed by atoms with E-state index in [0.29, 0.717) is 31.6 Å². The van der Waals surface area contributed by atoms with Crippen LogP contribution in [0.15, 0.2) is 30.7 Å². The fourth-order valence-corrected chi connectivity index (χ4v) is 6.45. The van der Waals surface area contributed by atoms with Crippen molar-refractivity contribution in [1.82, 2.24) is 34.7 Å². The molecule has 3 atom stereocenters. The Morgan fingerprint density at radius 3 is 2.85 bits per heavy atom. The molecule has 0 bridgehead atoms. The molecule has 214 valence electrons. The fourth-order valence-electron chi connectivity index (χ4n) is 6.45. The smallest absolute Gasteiger partial charge is 0.241 e. The minimum atomic E-state index is -0.368. The van der Waals surface area contributed by atoms with Crippen molar-refractivity contribution in [2.24, 2.45) is 0 Å². The first-order valence-electron chi connectivity index (χ1n) is 14.3. The maximum Gasteiger partial charge on any atom is 0.241 e. The van der Waals surface area contributed by atoms with Crippen molar-refractivity contribution in [3.05, 3.63) is 53.5 Å². The van der Waals surface area contributed by atoms with Crippen LogP contribution in [0, 0.1) is 5.82 Å². The highest BCUT2D eigenvalue weighted by Crippen LogP contribution is 2.42. The van der Waals surface area contributed by atoms with Crippen LogP contribution in [0.3, 0.4) is 0 Å². The van der Waals surface area contributed by atoms with E-state index in [1.54, 1.807) is 12.4 Å². The Hall–Kier alpha value is -2.99. The van der Waals surface area contributed by atoms with Crippen molar-refractivity contribution < 1.29 is 13.9 Å². The van der Waals surface area contributed by atoms with Crippen LogP contribution in [0.5, 0.6) is 0 Å². The summed E-state index contributed by atoms with van der Waals surface area (Å²) in [7, 11) is 0. The zero-order valence-corrected chi connectivity index (χ0v) is 23.8. The SMILES string of the molecule is C[C@@H]1CN(CC(=O)N2CC(C)(C)c3c2cc(Cc2ccc(F)cn2)c2ncnn32)[C@@H](CN2CCOC[C@H]2C)CN1. The lowest BCUT2D eigenvalue weighted by Crippen LogP contribution is -2.62. The number of anilines is 1. The number of amides is 1. The van der Waals surface area contributed by atoms with Crippen LogP contribution >= 0.6 is 0 Å². The summed E-state index contributed by atoms with van der Waals surface area (Å²) in [5.41, 5.74) is 3.92. The minimum absolute atomic E-state index is 0.0891. The number of rotatable bonds is 6. The van der Waals surface area contributed by atoms with Gasteiger partial charge in [0, 0.05) is 73.9 Å². The molecule has 0 unspecified atom stereocenters. The Labute approximate surface area is 234 Å². The third kappa shape index (κ3) is 5.23. The largest absolute Gasteiger partial charge is 0.379 e. The lowest BCUT2D eigenvalue weighted by atomic mass is 9.90. The lowest BCUT2D eigenvalue weighted by Gasteiger charge is -2.43. The van der Waals surface area contributed by atoms with Crippen molar-refractivity contribution in [3.63, 3.8) is 0 Å². The van der Waals surface area contributed by atoms with Gasteiger partial charge in [0.2, 0.25) is 5.91 Å². The van der Waals surface area contributed by atoms with Gasteiger partial charge >= 0.3 is 0 Å².